The van der Waals surface area contributed by atoms with Gasteiger partial charge in [0.2, 0.25) is 5.69 Å². The molecule has 2 aromatic heterocycles. The van der Waals surface area contributed by atoms with Crippen LogP contribution in [-0.2, 0) is 42.7 Å². The fraction of sp³-hybridized carbons (Fsp3) is 0.238. The van der Waals surface area contributed by atoms with Crippen LogP contribution in [0.4, 0.5) is 22.7 Å². The Balaban J connectivity index is 0.00000593. The standard InChI is InChI=1S/C63H60N4O.Pt/c1-60(2,3)45-32-33-64-58(38-45)67-55-31-28-43(42-20-14-12-15-21-42)34-53(55)52-30-29-51(40-57(52)67)68-50-25-18-24-48(39-50)65-41-66(49-36-46(61(4,5)6)35-47(37-49)62(7,8)9)59-54(26-19-27-56(59)65)63(10,11)44-22-16-13-17-23-44;/h12-38H,1-11H3;/q;+2. The van der Waals surface area contributed by atoms with Crippen molar-refractivity contribution >= 4 is 50.6 Å². The van der Waals surface area contributed by atoms with E-state index in [-0.39, 0.29) is 42.7 Å². The van der Waals surface area contributed by atoms with E-state index in [1.165, 1.54) is 33.4 Å². The first-order chi connectivity index (χ1) is 32.3. The molecule has 0 radical (unpaired) electrons. The molecule has 7 aromatic carbocycles. The summed E-state index contributed by atoms with van der Waals surface area (Å²) in [5.41, 5.74) is 14.0. The minimum Gasteiger partial charge on any atom is -0.509 e. The van der Waals surface area contributed by atoms with Crippen molar-refractivity contribution in [3.8, 4) is 28.4 Å². The zero-order valence-electron chi connectivity index (χ0n) is 41.6. The Labute approximate surface area is 422 Å². The fourth-order valence-corrected chi connectivity index (χ4v) is 9.43. The normalized spacial score (nSPS) is 13.0. The molecule has 0 saturated heterocycles. The van der Waals surface area contributed by atoms with Crippen molar-refractivity contribution in [1.29, 1.82) is 0 Å². The predicted octanol–water partition coefficient (Wildman–Crippen LogP) is 16.3. The van der Waals surface area contributed by atoms with Crippen molar-refractivity contribution < 1.29 is 25.8 Å². The summed E-state index contributed by atoms with van der Waals surface area (Å²) in [4.78, 5) is 4.94. The van der Waals surface area contributed by atoms with E-state index in [4.69, 9.17) is 9.72 Å². The number of pyridine rings is 1. The van der Waals surface area contributed by atoms with Gasteiger partial charge in [-0.3, -0.25) is 0 Å². The first-order valence-corrected chi connectivity index (χ1v) is 23.8. The summed E-state index contributed by atoms with van der Waals surface area (Å²) in [6, 6.07) is 67.5. The molecule has 6 heteroatoms. The molecule has 0 amide bonds. The van der Waals surface area contributed by atoms with Crippen LogP contribution in [0.1, 0.15) is 104 Å². The minimum atomic E-state index is -0.324. The predicted molar refractivity (Wildman–Crippen MR) is 284 cm³/mol. The zero-order valence-corrected chi connectivity index (χ0v) is 43.9. The van der Waals surface area contributed by atoms with E-state index < -0.39 is 0 Å². The van der Waals surface area contributed by atoms with Crippen LogP contribution in [0.2, 0.25) is 0 Å². The van der Waals surface area contributed by atoms with Crippen LogP contribution >= 0.6 is 0 Å². The second-order valence-corrected chi connectivity index (χ2v) is 21.9. The number of benzene rings is 7. The summed E-state index contributed by atoms with van der Waals surface area (Å²) in [5.74, 6) is 2.00. The van der Waals surface area contributed by atoms with Gasteiger partial charge < -0.3 is 9.30 Å². The third-order valence-corrected chi connectivity index (χ3v) is 13.6. The van der Waals surface area contributed by atoms with Crippen molar-refractivity contribution in [2.24, 2.45) is 0 Å². The Hall–Kier alpha value is -6.64. The summed E-state index contributed by atoms with van der Waals surface area (Å²) in [5, 5.41) is 2.20. The number of aromatic nitrogens is 2. The first-order valence-electron chi connectivity index (χ1n) is 23.8. The van der Waals surface area contributed by atoms with Gasteiger partial charge >= 0.3 is 32.8 Å². The average molecular weight is 1080 g/mol. The quantitative estimate of drug-likeness (QED) is 0.112. The van der Waals surface area contributed by atoms with Crippen LogP contribution in [-0.4, -0.2) is 15.6 Å². The maximum atomic E-state index is 6.77. The van der Waals surface area contributed by atoms with Gasteiger partial charge in [0.15, 0.2) is 0 Å². The van der Waals surface area contributed by atoms with Gasteiger partial charge in [0.05, 0.1) is 0 Å². The van der Waals surface area contributed by atoms with Crippen LogP contribution in [0.5, 0.6) is 11.5 Å². The van der Waals surface area contributed by atoms with E-state index in [1.807, 2.05) is 24.4 Å². The van der Waals surface area contributed by atoms with Gasteiger partial charge in [-0.15, -0.1) is 23.6 Å². The molecule has 3 heterocycles. The van der Waals surface area contributed by atoms with Crippen molar-refractivity contribution in [2.45, 2.75) is 97.8 Å². The van der Waals surface area contributed by atoms with Crippen LogP contribution in [0, 0.1) is 12.1 Å². The Morgan fingerprint density at radius 2 is 1.17 bits per heavy atom. The number of nitrogens with zero attached hydrogens (tertiary/aromatic N) is 4. The Kier molecular flexibility index (Phi) is 12.2. The Morgan fingerprint density at radius 1 is 0.522 bits per heavy atom. The summed E-state index contributed by atoms with van der Waals surface area (Å²) < 4.78 is 13.4. The van der Waals surface area contributed by atoms with Crippen LogP contribution in [0.3, 0.4) is 0 Å². The molecule has 1 aliphatic heterocycles. The molecule has 9 aromatic rings. The van der Waals surface area contributed by atoms with Gasteiger partial charge in [0.25, 0.3) is 5.69 Å². The van der Waals surface area contributed by atoms with Gasteiger partial charge in [-0.25, -0.2) is 4.98 Å². The first kappa shape index (κ1) is 47.4. The maximum absolute atomic E-state index is 6.77. The van der Waals surface area contributed by atoms with Gasteiger partial charge in [0.1, 0.15) is 11.5 Å². The topological polar surface area (TPSA) is 33.1 Å². The number of hydrogen-bond acceptors (Lipinski definition) is 2. The van der Waals surface area contributed by atoms with E-state index in [0.29, 0.717) is 11.5 Å². The van der Waals surface area contributed by atoms with Crippen molar-refractivity contribution in [3.63, 3.8) is 0 Å². The molecule has 0 aliphatic carbocycles. The van der Waals surface area contributed by atoms with E-state index in [1.54, 1.807) is 0 Å². The number of ether oxygens (including phenoxy) is 1. The molecule has 0 spiro atoms. The van der Waals surface area contributed by atoms with E-state index in [9.17, 15) is 0 Å². The summed E-state index contributed by atoms with van der Waals surface area (Å²) in [7, 11) is 0. The van der Waals surface area contributed by atoms with E-state index in [2.05, 4.69) is 248 Å². The third kappa shape index (κ3) is 8.96. The molecular formula is C63H60N4OPt+2. The zero-order chi connectivity index (χ0) is 47.8. The number of rotatable bonds is 8. The molecule has 0 atom stereocenters. The van der Waals surface area contributed by atoms with Gasteiger partial charge in [-0.2, -0.15) is 12.1 Å². The van der Waals surface area contributed by atoms with Crippen molar-refractivity contribution in [3.05, 3.63) is 204 Å². The third-order valence-electron chi connectivity index (χ3n) is 13.6. The molecule has 0 saturated carbocycles. The largest absolute Gasteiger partial charge is 2.00 e. The van der Waals surface area contributed by atoms with Crippen LogP contribution in [0.15, 0.2) is 164 Å². The molecule has 69 heavy (non-hydrogen) atoms. The SMILES string of the molecule is CC(C)(C)c1cc([N+]2=C=[N+](c3[c-]c(Oc4[c-]c5c(cc4)c4cc(-c6ccccc6)ccc4n5-c4cc(C(C)(C)C)ccn4)ccc3)c3cccc(C(C)(C)c4ccccc4)c32)cc(C(C)(C)C)c1.[Pt+2]. The second-order valence-electron chi connectivity index (χ2n) is 21.9. The van der Waals surface area contributed by atoms with E-state index >= 15 is 0 Å². The fourth-order valence-electron chi connectivity index (χ4n) is 9.43. The smallest absolute Gasteiger partial charge is 0.509 e. The monoisotopic (exact) mass is 1080 g/mol. The molecule has 1 aliphatic rings. The number of hydrogen-bond donors (Lipinski definition) is 0. The molecule has 0 N–H and O–H groups in total. The van der Waals surface area contributed by atoms with Gasteiger partial charge in [0, 0.05) is 52.4 Å². The van der Waals surface area contributed by atoms with Crippen molar-refractivity contribution in [2.75, 3.05) is 0 Å². The molecule has 0 bridgehead atoms. The molecule has 10 rings (SSSR count). The maximum Gasteiger partial charge on any atom is 2.00 e. The van der Waals surface area contributed by atoms with Gasteiger partial charge in [-0.05, 0) is 77.8 Å². The summed E-state index contributed by atoms with van der Waals surface area (Å²) >= 11 is 0. The average Bonchev–Trinajstić information content (AvgIpc) is 3.87. The molecule has 5 nitrogen and oxygen atoms in total. The van der Waals surface area contributed by atoms with Crippen LogP contribution in [0.25, 0.3) is 38.8 Å². The Bertz CT molecular complexity index is 3450. The molecular weight excluding hydrogens is 1020 g/mol. The van der Waals surface area contributed by atoms with Crippen molar-refractivity contribution in [1.82, 2.24) is 18.7 Å². The van der Waals surface area contributed by atoms with E-state index in [0.717, 1.165) is 55.9 Å². The molecule has 346 valence electrons. The summed E-state index contributed by atoms with van der Waals surface area (Å²) in [6.45, 7) is 25.1. The van der Waals surface area contributed by atoms with Crippen LogP contribution < -0.4 is 13.9 Å². The number of fused-ring (bicyclic) bond motifs is 4. The van der Waals surface area contributed by atoms with Gasteiger partial charge in [-0.1, -0.05) is 189 Å². The second kappa shape index (κ2) is 17.7. The molecule has 0 unspecified atom stereocenters. The molecule has 0 fully saturated rings. The number of para-hydroxylation sites is 1. The minimum absolute atomic E-state index is 0. The summed E-state index contributed by atoms with van der Waals surface area (Å²) in [6.07, 6.45) is 1.91. The Morgan fingerprint density at radius 3 is 1.86 bits per heavy atom.